The lowest BCUT2D eigenvalue weighted by Crippen LogP contribution is -2.42. The molecule has 0 aromatic carbocycles. The van der Waals surface area contributed by atoms with Crippen LogP contribution in [0, 0.1) is 0 Å². The molecule has 0 spiro atoms. The largest absolute Gasteiger partial charge is 0.480 e. The number of thioether (sulfide) groups is 1. The summed E-state index contributed by atoms with van der Waals surface area (Å²) in [5, 5.41) is 19.8. The van der Waals surface area contributed by atoms with E-state index in [1.165, 1.54) is 11.8 Å². The molecule has 0 aliphatic heterocycles. The first-order valence-corrected chi connectivity index (χ1v) is 6.02. The van der Waals surface area contributed by atoms with Crippen LogP contribution in [0.2, 0.25) is 0 Å². The SMILES string of the molecule is CC(C)(C)SCC(=O)N[C@@H](CCO)C(=O)O. The number of aliphatic hydroxyl groups is 1. The van der Waals surface area contributed by atoms with Crippen LogP contribution < -0.4 is 5.32 Å². The summed E-state index contributed by atoms with van der Waals surface area (Å²) in [5.74, 6) is -1.22. The maximum absolute atomic E-state index is 11.4. The number of carbonyl (C=O) groups is 2. The molecular formula is C10H19NO4S. The van der Waals surface area contributed by atoms with Gasteiger partial charge in [0.2, 0.25) is 5.91 Å². The number of hydrogen-bond acceptors (Lipinski definition) is 4. The van der Waals surface area contributed by atoms with Crippen LogP contribution in [0.1, 0.15) is 27.2 Å². The van der Waals surface area contributed by atoms with E-state index in [0.717, 1.165) is 0 Å². The summed E-state index contributed by atoms with van der Waals surface area (Å²) in [7, 11) is 0. The van der Waals surface area contributed by atoms with Crippen LogP contribution in [0.3, 0.4) is 0 Å². The summed E-state index contributed by atoms with van der Waals surface area (Å²) in [4.78, 5) is 22.1. The minimum atomic E-state index is -1.12. The van der Waals surface area contributed by atoms with Gasteiger partial charge >= 0.3 is 5.97 Å². The second-order valence-corrected chi connectivity index (χ2v) is 6.17. The van der Waals surface area contributed by atoms with Crippen molar-refractivity contribution in [3.8, 4) is 0 Å². The fourth-order valence-corrected chi connectivity index (χ4v) is 1.55. The summed E-state index contributed by atoms with van der Waals surface area (Å²) in [6, 6.07) is -1.00. The maximum Gasteiger partial charge on any atom is 0.326 e. The Morgan fingerprint density at radius 1 is 1.38 bits per heavy atom. The molecule has 16 heavy (non-hydrogen) atoms. The molecule has 5 nitrogen and oxygen atoms in total. The summed E-state index contributed by atoms with van der Waals surface area (Å²) < 4.78 is -0.0347. The smallest absolute Gasteiger partial charge is 0.326 e. The Balaban J connectivity index is 4.05. The average Bonchev–Trinajstić information content (AvgIpc) is 2.13. The van der Waals surface area contributed by atoms with Gasteiger partial charge in [0, 0.05) is 17.8 Å². The van der Waals surface area contributed by atoms with Gasteiger partial charge in [-0.15, -0.1) is 11.8 Å². The van der Waals surface area contributed by atoms with Crippen molar-refractivity contribution < 1.29 is 19.8 Å². The van der Waals surface area contributed by atoms with Crippen LogP contribution in [-0.2, 0) is 9.59 Å². The minimum Gasteiger partial charge on any atom is -0.480 e. The summed E-state index contributed by atoms with van der Waals surface area (Å²) in [6.07, 6.45) is 0.0290. The van der Waals surface area contributed by atoms with E-state index in [-0.39, 0.29) is 29.4 Å². The van der Waals surface area contributed by atoms with Gasteiger partial charge in [0.15, 0.2) is 0 Å². The monoisotopic (exact) mass is 249 g/mol. The molecule has 1 atom stereocenters. The van der Waals surface area contributed by atoms with Gasteiger partial charge in [-0.3, -0.25) is 4.79 Å². The summed E-state index contributed by atoms with van der Waals surface area (Å²) in [6.45, 7) is 5.68. The third kappa shape index (κ3) is 7.53. The van der Waals surface area contributed by atoms with Crippen LogP contribution in [0.5, 0.6) is 0 Å². The van der Waals surface area contributed by atoms with Gasteiger partial charge in [0.1, 0.15) is 6.04 Å². The highest BCUT2D eigenvalue weighted by Crippen LogP contribution is 2.22. The molecule has 0 fully saturated rings. The zero-order valence-electron chi connectivity index (χ0n) is 9.82. The minimum absolute atomic E-state index is 0.0290. The molecule has 1 amide bonds. The van der Waals surface area contributed by atoms with Crippen molar-refractivity contribution in [2.75, 3.05) is 12.4 Å². The molecule has 0 aromatic rings. The van der Waals surface area contributed by atoms with Gasteiger partial charge in [-0.2, -0.15) is 0 Å². The first-order chi connectivity index (χ1) is 7.26. The molecule has 0 radical (unpaired) electrons. The predicted molar refractivity (Wildman–Crippen MR) is 63.5 cm³/mol. The number of carboxylic acid groups (broad SMARTS) is 1. The molecule has 0 unspecified atom stereocenters. The third-order valence-electron chi connectivity index (χ3n) is 1.69. The number of amides is 1. The molecule has 6 heteroatoms. The second kappa shape index (κ2) is 6.75. The highest BCUT2D eigenvalue weighted by molar-refractivity contribution is 8.01. The summed E-state index contributed by atoms with van der Waals surface area (Å²) in [5.41, 5.74) is 0. The Hall–Kier alpha value is -0.750. The fourth-order valence-electron chi connectivity index (χ4n) is 0.905. The molecule has 0 rings (SSSR count). The van der Waals surface area contributed by atoms with Crippen LogP contribution in [-0.4, -0.2) is 45.2 Å². The van der Waals surface area contributed by atoms with E-state index in [1.54, 1.807) is 0 Å². The number of nitrogens with one attached hydrogen (secondary N) is 1. The van der Waals surface area contributed by atoms with Crippen molar-refractivity contribution in [2.45, 2.75) is 38.0 Å². The van der Waals surface area contributed by atoms with Crippen LogP contribution in [0.15, 0.2) is 0 Å². The zero-order valence-corrected chi connectivity index (χ0v) is 10.6. The Labute approximate surface area is 99.6 Å². The summed E-state index contributed by atoms with van der Waals surface area (Å²) >= 11 is 1.45. The Morgan fingerprint density at radius 3 is 2.31 bits per heavy atom. The second-order valence-electron chi connectivity index (χ2n) is 4.37. The van der Waals surface area contributed by atoms with Gasteiger partial charge in [-0.25, -0.2) is 4.79 Å². The lowest BCUT2D eigenvalue weighted by molar-refractivity contribution is -0.141. The number of hydrogen-bond donors (Lipinski definition) is 3. The number of carbonyl (C=O) groups excluding carboxylic acids is 1. The van der Waals surface area contributed by atoms with Gasteiger partial charge in [-0.1, -0.05) is 20.8 Å². The number of aliphatic hydroxyl groups excluding tert-OH is 1. The van der Waals surface area contributed by atoms with E-state index in [2.05, 4.69) is 5.32 Å². The van der Waals surface area contributed by atoms with Crippen LogP contribution >= 0.6 is 11.8 Å². The van der Waals surface area contributed by atoms with E-state index in [9.17, 15) is 9.59 Å². The molecule has 0 bridgehead atoms. The lowest BCUT2D eigenvalue weighted by Gasteiger charge is -2.18. The van der Waals surface area contributed by atoms with Crippen molar-refractivity contribution in [2.24, 2.45) is 0 Å². The van der Waals surface area contributed by atoms with E-state index >= 15 is 0 Å². The molecule has 3 N–H and O–H groups in total. The zero-order chi connectivity index (χ0) is 12.8. The standard InChI is InChI=1S/C10H19NO4S/c1-10(2,3)16-6-8(13)11-7(4-5-12)9(14)15/h7,12H,4-6H2,1-3H3,(H,11,13)(H,14,15)/t7-/m0/s1. The van der Waals surface area contributed by atoms with E-state index < -0.39 is 12.0 Å². The number of rotatable bonds is 6. The fraction of sp³-hybridized carbons (Fsp3) is 0.800. The molecule has 0 aliphatic rings. The first-order valence-electron chi connectivity index (χ1n) is 5.03. The molecule has 0 saturated carbocycles. The molecule has 0 aromatic heterocycles. The van der Waals surface area contributed by atoms with Gasteiger partial charge in [0.25, 0.3) is 0 Å². The Morgan fingerprint density at radius 2 is 1.94 bits per heavy atom. The average molecular weight is 249 g/mol. The van der Waals surface area contributed by atoms with E-state index in [0.29, 0.717) is 0 Å². The predicted octanol–water partition coefficient (Wildman–Crippen LogP) is 0.470. The molecular weight excluding hydrogens is 230 g/mol. The quantitative estimate of drug-likeness (QED) is 0.637. The van der Waals surface area contributed by atoms with E-state index in [4.69, 9.17) is 10.2 Å². The van der Waals surface area contributed by atoms with Gasteiger partial charge < -0.3 is 15.5 Å². The molecule has 0 aliphatic carbocycles. The van der Waals surface area contributed by atoms with Crippen molar-refractivity contribution in [1.29, 1.82) is 0 Å². The Kier molecular flexibility index (Phi) is 6.43. The molecule has 94 valence electrons. The Bertz CT molecular complexity index is 250. The third-order valence-corrected chi connectivity index (χ3v) is 2.96. The van der Waals surface area contributed by atoms with Crippen LogP contribution in [0.25, 0.3) is 0 Å². The normalized spacial score (nSPS) is 13.2. The van der Waals surface area contributed by atoms with Crippen molar-refractivity contribution in [3.63, 3.8) is 0 Å². The lowest BCUT2D eigenvalue weighted by atomic mass is 10.2. The van der Waals surface area contributed by atoms with Crippen molar-refractivity contribution in [3.05, 3.63) is 0 Å². The number of carboxylic acids is 1. The molecule has 0 heterocycles. The van der Waals surface area contributed by atoms with E-state index in [1.807, 2.05) is 20.8 Å². The molecule has 0 saturated heterocycles. The van der Waals surface area contributed by atoms with Crippen molar-refractivity contribution in [1.82, 2.24) is 5.32 Å². The topological polar surface area (TPSA) is 86.6 Å². The first kappa shape index (κ1) is 15.2. The number of aliphatic carboxylic acids is 1. The maximum atomic E-state index is 11.4. The highest BCUT2D eigenvalue weighted by Gasteiger charge is 2.20. The van der Waals surface area contributed by atoms with Gasteiger partial charge in [-0.05, 0) is 0 Å². The van der Waals surface area contributed by atoms with Gasteiger partial charge in [0.05, 0.1) is 5.75 Å². The van der Waals surface area contributed by atoms with Crippen molar-refractivity contribution >= 4 is 23.6 Å². The highest BCUT2D eigenvalue weighted by atomic mass is 32.2. The van der Waals surface area contributed by atoms with Crippen LogP contribution in [0.4, 0.5) is 0 Å².